The lowest BCUT2D eigenvalue weighted by Gasteiger charge is -2.23. The number of carbonyl (C=O) groups excluding carboxylic acids is 2. The number of aliphatic hydroxyl groups excluding tert-OH is 1. The maximum atomic E-state index is 13.4. The van der Waals surface area contributed by atoms with Crippen LogP contribution in [0.4, 0.5) is 5.95 Å². The number of benzene rings is 1. The number of nitrogens with two attached hydrogens (primary N) is 1. The molecule has 0 aliphatic carbocycles. The van der Waals surface area contributed by atoms with Gasteiger partial charge in [-0.3, -0.25) is 9.59 Å². The molecule has 34 heavy (non-hydrogen) atoms. The molecule has 2 unspecified atom stereocenters. The number of nitrogens with zero attached hydrogens (tertiary/aromatic N) is 4. The molecule has 0 spiro atoms. The van der Waals surface area contributed by atoms with Gasteiger partial charge in [0.15, 0.2) is 0 Å². The Morgan fingerprint density at radius 1 is 1.15 bits per heavy atom. The third-order valence-corrected chi connectivity index (χ3v) is 6.72. The van der Waals surface area contributed by atoms with Crippen LogP contribution in [0.3, 0.4) is 0 Å². The first-order valence-corrected chi connectivity index (χ1v) is 12.0. The second kappa shape index (κ2) is 10.5. The van der Waals surface area contributed by atoms with Gasteiger partial charge in [0.25, 0.3) is 11.8 Å². The highest BCUT2D eigenvalue weighted by Crippen LogP contribution is 2.32. The van der Waals surface area contributed by atoms with Gasteiger partial charge < -0.3 is 26.0 Å². The monoisotopic (exact) mass is 466 g/mol. The normalized spacial score (nSPS) is 20.9. The van der Waals surface area contributed by atoms with Gasteiger partial charge in [-0.05, 0) is 50.6 Å². The Kier molecular flexibility index (Phi) is 7.43. The van der Waals surface area contributed by atoms with E-state index in [0.29, 0.717) is 30.6 Å². The van der Waals surface area contributed by atoms with E-state index < -0.39 is 12.0 Å². The number of aryl methyl sites for hydroxylation is 2. The molecule has 0 saturated carbocycles. The summed E-state index contributed by atoms with van der Waals surface area (Å²) < 4.78 is 0. The quantitative estimate of drug-likeness (QED) is 0.509. The molecule has 182 valence electrons. The molecule has 0 bridgehead atoms. The minimum Gasteiger partial charge on any atom is -0.392 e. The fourth-order valence-corrected chi connectivity index (χ4v) is 5.07. The van der Waals surface area contributed by atoms with E-state index in [1.165, 1.54) is 5.56 Å². The van der Waals surface area contributed by atoms with Gasteiger partial charge in [-0.25, -0.2) is 9.97 Å². The minimum atomic E-state index is -0.766. The average Bonchev–Trinajstić information content (AvgIpc) is 3.36. The van der Waals surface area contributed by atoms with Crippen LogP contribution >= 0.6 is 0 Å². The number of anilines is 1. The summed E-state index contributed by atoms with van der Waals surface area (Å²) in [5.74, 6) is 0.0429. The van der Waals surface area contributed by atoms with Gasteiger partial charge in [0.05, 0.1) is 17.4 Å². The van der Waals surface area contributed by atoms with Crippen molar-refractivity contribution in [3.8, 4) is 0 Å². The number of primary amides is 1. The lowest BCUT2D eigenvalue weighted by atomic mass is 10.0. The van der Waals surface area contributed by atoms with Gasteiger partial charge in [0, 0.05) is 32.7 Å². The van der Waals surface area contributed by atoms with Crippen molar-refractivity contribution in [2.75, 3.05) is 44.6 Å². The number of rotatable bonds is 9. The Bertz CT molecular complexity index is 1010. The van der Waals surface area contributed by atoms with Gasteiger partial charge in [-0.15, -0.1) is 0 Å². The molecule has 9 heteroatoms. The van der Waals surface area contributed by atoms with Gasteiger partial charge in [-0.1, -0.05) is 30.3 Å². The molecule has 3 heterocycles. The molecule has 2 amide bonds. The molecular formula is C25H34N6O3. The average molecular weight is 467 g/mol. The van der Waals surface area contributed by atoms with Crippen LogP contribution in [0.5, 0.6) is 0 Å². The zero-order valence-electron chi connectivity index (χ0n) is 19.9. The smallest absolute Gasteiger partial charge is 0.268 e. The summed E-state index contributed by atoms with van der Waals surface area (Å²) in [5, 5.41) is 12.3. The van der Waals surface area contributed by atoms with Crippen molar-refractivity contribution in [3.63, 3.8) is 0 Å². The Labute approximate surface area is 200 Å². The van der Waals surface area contributed by atoms with E-state index in [-0.39, 0.29) is 29.7 Å². The SMILES string of the molecule is Cc1nc(NC[C@H](C)O)nc(C(N)=O)c1C(=O)N1CC2CN(CCCc3ccccc3)CC2C1. The Balaban J connectivity index is 1.36. The maximum absolute atomic E-state index is 13.4. The number of nitrogens with one attached hydrogen (secondary N) is 1. The first-order valence-electron chi connectivity index (χ1n) is 12.0. The molecule has 3 atom stereocenters. The fourth-order valence-electron chi connectivity index (χ4n) is 5.07. The van der Waals surface area contributed by atoms with Crippen LogP contribution in [0.25, 0.3) is 0 Å². The van der Waals surface area contributed by atoms with Gasteiger partial charge >= 0.3 is 0 Å². The molecule has 1 aromatic heterocycles. The summed E-state index contributed by atoms with van der Waals surface area (Å²) in [5.41, 5.74) is 7.43. The molecule has 4 rings (SSSR count). The molecule has 1 aromatic carbocycles. The van der Waals surface area contributed by atoms with Gasteiger partial charge in [0.2, 0.25) is 5.95 Å². The Hall–Kier alpha value is -3.04. The van der Waals surface area contributed by atoms with Crippen LogP contribution in [0.2, 0.25) is 0 Å². The zero-order valence-corrected chi connectivity index (χ0v) is 19.9. The van der Waals surface area contributed by atoms with Gasteiger partial charge in [-0.2, -0.15) is 0 Å². The highest BCUT2D eigenvalue weighted by Gasteiger charge is 2.42. The molecule has 0 radical (unpaired) electrons. The number of amides is 2. The van der Waals surface area contributed by atoms with E-state index in [0.717, 1.165) is 32.5 Å². The van der Waals surface area contributed by atoms with Crippen LogP contribution in [0, 0.1) is 18.8 Å². The van der Waals surface area contributed by atoms with Crippen LogP contribution < -0.4 is 11.1 Å². The van der Waals surface area contributed by atoms with E-state index in [2.05, 4.69) is 44.5 Å². The summed E-state index contributed by atoms with van der Waals surface area (Å²) in [6.45, 7) is 7.91. The van der Waals surface area contributed by atoms with Gasteiger partial charge in [0.1, 0.15) is 5.69 Å². The standard InChI is InChI=1S/C25H34N6O3/c1-16(32)11-27-25-28-17(2)21(22(29-25)23(26)33)24(34)31-14-19-12-30(13-20(19)15-31)10-6-9-18-7-4-3-5-8-18/h3-5,7-8,16,19-20,32H,6,9-15H2,1-2H3,(H2,26,33)(H,27,28,29)/t16-,19?,20?/m0/s1. The predicted octanol–water partition coefficient (Wildman–Crippen LogP) is 1.31. The Morgan fingerprint density at radius 2 is 1.82 bits per heavy atom. The summed E-state index contributed by atoms with van der Waals surface area (Å²) in [7, 11) is 0. The van der Waals surface area contributed by atoms with Crippen molar-refractivity contribution >= 4 is 17.8 Å². The van der Waals surface area contributed by atoms with Crippen molar-refractivity contribution in [1.82, 2.24) is 19.8 Å². The van der Waals surface area contributed by atoms with Crippen molar-refractivity contribution in [2.24, 2.45) is 17.6 Å². The summed E-state index contributed by atoms with van der Waals surface area (Å²) in [6.07, 6.45) is 1.60. The zero-order chi connectivity index (χ0) is 24.2. The van der Waals surface area contributed by atoms with Crippen molar-refractivity contribution in [3.05, 3.63) is 52.8 Å². The molecule has 4 N–H and O–H groups in total. The summed E-state index contributed by atoms with van der Waals surface area (Å²) >= 11 is 0. The number of fused-ring (bicyclic) bond motifs is 1. The number of aromatic nitrogens is 2. The second-order valence-corrected chi connectivity index (χ2v) is 9.53. The van der Waals surface area contributed by atoms with E-state index >= 15 is 0 Å². The van der Waals surface area contributed by atoms with E-state index in [1.807, 2.05) is 11.0 Å². The van der Waals surface area contributed by atoms with Crippen LogP contribution in [0.15, 0.2) is 30.3 Å². The predicted molar refractivity (Wildman–Crippen MR) is 130 cm³/mol. The molecule has 2 aliphatic heterocycles. The number of carbonyl (C=O) groups is 2. The number of hydrogen-bond acceptors (Lipinski definition) is 7. The molecule has 2 aromatic rings. The van der Waals surface area contributed by atoms with E-state index in [1.54, 1.807) is 13.8 Å². The fraction of sp³-hybridized carbons (Fsp3) is 0.520. The topological polar surface area (TPSA) is 125 Å². The van der Waals surface area contributed by atoms with Crippen molar-refractivity contribution < 1.29 is 14.7 Å². The third kappa shape index (κ3) is 5.53. The minimum absolute atomic E-state index is 0.0785. The maximum Gasteiger partial charge on any atom is 0.268 e. The molecule has 9 nitrogen and oxygen atoms in total. The van der Waals surface area contributed by atoms with Crippen LogP contribution in [0.1, 0.15) is 45.4 Å². The van der Waals surface area contributed by atoms with E-state index in [9.17, 15) is 14.7 Å². The lowest BCUT2D eigenvalue weighted by molar-refractivity contribution is 0.0766. The first kappa shape index (κ1) is 24.1. The highest BCUT2D eigenvalue weighted by atomic mass is 16.3. The molecular weight excluding hydrogens is 432 g/mol. The molecule has 2 aliphatic rings. The molecule has 2 saturated heterocycles. The lowest BCUT2D eigenvalue weighted by Crippen LogP contribution is -2.36. The highest BCUT2D eigenvalue weighted by molar-refractivity contribution is 6.06. The van der Waals surface area contributed by atoms with Crippen molar-refractivity contribution in [2.45, 2.75) is 32.8 Å². The molecule has 2 fully saturated rings. The Morgan fingerprint density at radius 3 is 2.44 bits per heavy atom. The van der Waals surface area contributed by atoms with Crippen LogP contribution in [-0.2, 0) is 6.42 Å². The number of likely N-dealkylation sites (tertiary alicyclic amines) is 2. The van der Waals surface area contributed by atoms with E-state index in [4.69, 9.17) is 5.73 Å². The largest absolute Gasteiger partial charge is 0.392 e. The third-order valence-electron chi connectivity index (χ3n) is 6.72. The summed E-state index contributed by atoms with van der Waals surface area (Å²) in [4.78, 5) is 38.3. The number of aliphatic hydroxyl groups is 1. The second-order valence-electron chi connectivity index (χ2n) is 9.53. The summed E-state index contributed by atoms with van der Waals surface area (Å²) in [6, 6.07) is 10.5. The number of hydrogen-bond donors (Lipinski definition) is 3. The van der Waals surface area contributed by atoms with Crippen molar-refractivity contribution in [1.29, 1.82) is 0 Å². The van der Waals surface area contributed by atoms with Crippen LogP contribution in [-0.4, -0.2) is 82.1 Å². The first-order chi connectivity index (χ1) is 16.3.